The van der Waals surface area contributed by atoms with Gasteiger partial charge in [0.15, 0.2) is 0 Å². The number of nitrogens with two attached hydrogens (primary N) is 1. The molecule has 0 aromatic heterocycles. The van der Waals surface area contributed by atoms with E-state index >= 15 is 0 Å². The Morgan fingerprint density at radius 3 is 2.34 bits per heavy atom. The second-order valence-corrected chi connectivity index (χ2v) is 12.2. The van der Waals surface area contributed by atoms with Crippen molar-refractivity contribution in [3.05, 3.63) is 68.4 Å². The van der Waals surface area contributed by atoms with Crippen molar-refractivity contribution in [3.8, 4) is 0 Å². The van der Waals surface area contributed by atoms with Crippen LogP contribution in [0.4, 0.5) is 9.18 Å². The molecule has 1 atom stereocenters. The number of hydrogen-bond donors (Lipinski definition) is 1. The highest BCUT2D eigenvalue weighted by atomic mass is 79.9. The molecule has 2 amide bonds. The average molecular weight is 654 g/mol. The van der Waals surface area contributed by atoms with E-state index in [9.17, 15) is 14.0 Å². The molecule has 0 saturated carbocycles. The molecule has 2 N–H and O–H groups in total. The first-order chi connectivity index (χ1) is 18.2. The summed E-state index contributed by atoms with van der Waals surface area (Å²) in [5.74, 6) is 0.184. The number of hydrogen-bond acceptors (Lipinski definition) is 5. The standard InChI is InChI=1S/C28H35Br2FN4O3/c1-33(27(36)22-12-23(29)14-24(30)13-22)15-21(20-2-4-25(31)5-3-20)8-9-34-16-26(17-34)35-10-6-19(7-11-35)18-38-28(32)37/h2-5,12-14,19,21,26H,6-11,15-18H2,1H3,(H2,32,37)/t21-/m1/s1. The molecule has 0 bridgehead atoms. The Labute approximate surface area is 240 Å². The summed E-state index contributed by atoms with van der Waals surface area (Å²) >= 11 is 6.92. The fourth-order valence-corrected chi connectivity index (χ4v) is 6.68. The molecular weight excluding hydrogens is 619 g/mol. The van der Waals surface area contributed by atoms with Gasteiger partial charge in [0.1, 0.15) is 5.82 Å². The van der Waals surface area contributed by atoms with Crippen LogP contribution in [-0.2, 0) is 4.74 Å². The lowest BCUT2D eigenvalue weighted by atomic mass is 9.92. The predicted molar refractivity (Wildman–Crippen MR) is 153 cm³/mol. The Hall–Kier alpha value is -2.01. The zero-order valence-corrected chi connectivity index (χ0v) is 24.8. The van der Waals surface area contributed by atoms with Gasteiger partial charge in [-0.25, -0.2) is 9.18 Å². The zero-order valence-electron chi connectivity index (χ0n) is 21.6. The Morgan fingerprint density at radius 2 is 1.74 bits per heavy atom. The van der Waals surface area contributed by atoms with Crippen LogP contribution >= 0.6 is 31.9 Å². The van der Waals surface area contributed by atoms with Crippen LogP contribution in [0.5, 0.6) is 0 Å². The number of halogens is 3. The summed E-state index contributed by atoms with van der Waals surface area (Å²) in [5.41, 5.74) is 6.74. The third kappa shape index (κ3) is 8.00. The first kappa shape index (κ1) is 29.0. The highest BCUT2D eigenvalue weighted by molar-refractivity contribution is 9.11. The SMILES string of the molecule is CN(C[C@@H](CCN1CC(N2CCC(COC(N)=O)CC2)C1)c1ccc(F)cc1)C(=O)c1cc(Br)cc(Br)c1. The van der Waals surface area contributed by atoms with Crippen LogP contribution in [0, 0.1) is 11.7 Å². The molecule has 7 nitrogen and oxygen atoms in total. The van der Waals surface area contributed by atoms with Crippen LogP contribution in [0.3, 0.4) is 0 Å². The van der Waals surface area contributed by atoms with E-state index in [0.29, 0.717) is 30.7 Å². The van der Waals surface area contributed by atoms with E-state index in [-0.39, 0.29) is 17.6 Å². The number of carbonyl (C=O) groups excluding carboxylic acids is 2. The maximum Gasteiger partial charge on any atom is 0.404 e. The van der Waals surface area contributed by atoms with Gasteiger partial charge in [0.2, 0.25) is 0 Å². The first-order valence-corrected chi connectivity index (χ1v) is 14.6. The third-order valence-electron chi connectivity index (χ3n) is 7.65. The fraction of sp³-hybridized carbons (Fsp3) is 0.500. The van der Waals surface area contributed by atoms with Crippen molar-refractivity contribution in [1.29, 1.82) is 0 Å². The topological polar surface area (TPSA) is 79.1 Å². The first-order valence-electron chi connectivity index (χ1n) is 13.0. The van der Waals surface area contributed by atoms with Crippen LogP contribution in [0.1, 0.15) is 41.1 Å². The van der Waals surface area contributed by atoms with E-state index in [4.69, 9.17) is 10.5 Å². The summed E-state index contributed by atoms with van der Waals surface area (Å²) in [4.78, 5) is 30.8. The number of nitrogens with zero attached hydrogens (tertiary/aromatic N) is 3. The second-order valence-electron chi connectivity index (χ2n) is 10.4. The molecule has 2 heterocycles. The number of piperidine rings is 1. The van der Waals surface area contributed by atoms with E-state index in [1.807, 2.05) is 37.4 Å². The largest absolute Gasteiger partial charge is 0.449 e. The molecule has 10 heteroatoms. The van der Waals surface area contributed by atoms with E-state index in [1.54, 1.807) is 4.90 Å². The molecule has 2 aliphatic rings. The monoisotopic (exact) mass is 652 g/mol. The van der Waals surface area contributed by atoms with Gasteiger partial charge in [0.25, 0.3) is 5.91 Å². The number of primary amides is 1. The van der Waals surface area contributed by atoms with Gasteiger partial charge in [-0.15, -0.1) is 0 Å². The van der Waals surface area contributed by atoms with Gasteiger partial charge in [-0.05, 0) is 80.7 Å². The molecule has 2 saturated heterocycles. The summed E-state index contributed by atoms with van der Waals surface area (Å²) in [6.07, 6.45) is 2.22. The normalized spacial score (nSPS) is 18.1. The second kappa shape index (κ2) is 13.4. The van der Waals surface area contributed by atoms with E-state index in [2.05, 4.69) is 41.7 Å². The Bertz CT molecular complexity index is 1090. The molecule has 0 spiro atoms. The predicted octanol–water partition coefficient (Wildman–Crippen LogP) is 5.09. The minimum atomic E-state index is -0.697. The fourth-order valence-electron chi connectivity index (χ4n) is 5.39. The molecule has 2 aliphatic heterocycles. The van der Waals surface area contributed by atoms with Gasteiger partial charge in [0.05, 0.1) is 6.61 Å². The molecule has 2 aromatic carbocycles. The Kier molecular flexibility index (Phi) is 10.2. The lowest BCUT2D eigenvalue weighted by Crippen LogP contribution is -2.61. The highest BCUT2D eigenvalue weighted by Gasteiger charge is 2.34. The van der Waals surface area contributed by atoms with E-state index in [1.165, 1.54) is 12.1 Å². The lowest BCUT2D eigenvalue weighted by Gasteiger charge is -2.48. The zero-order chi connectivity index (χ0) is 27.2. The van der Waals surface area contributed by atoms with Crippen molar-refractivity contribution in [2.24, 2.45) is 11.7 Å². The maximum absolute atomic E-state index is 13.6. The molecule has 0 unspecified atom stereocenters. The number of ether oxygens (including phenoxy) is 1. The summed E-state index contributed by atoms with van der Waals surface area (Å²) in [7, 11) is 1.82. The van der Waals surface area contributed by atoms with E-state index < -0.39 is 6.09 Å². The van der Waals surface area contributed by atoms with Crippen LogP contribution in [0.15, 0.2) is 51.4 Å². The Balaban J connectivity index is 1.29. The minimum Gasteiger partial charge on any atom is -0.449 e. The molecular formula is C28H35Br2FN4O3. The summed E-state index contributed by atoms with van der Waals surface area (Å²) in [6.45, 7) is 5.97. The molecule has 4 rings (SSSR count). The minimum absolute atomic E-state index is 0.0484. The van der Waals surface area contributed by atoms with Crippen molar-refractivity contribution in [3.63, 3.8) is 0 Å². The summed E-state index contributed by atoms with van der Waals surface area (Å²) < 4.78 is 20.3. The third-order valence-corrected chi connectivity index (χ3v) is 8.57. The van der Waals surface area contributed by atoms with Crippen molar-refractivity contribution in [2.45, 2.75) is 31.2 Å². The van der Waals surface area contributed by atoms with Crippen LogP contribution in [0.25, 0.3) is 0 Å². The number of carbonyl (C=O) groups is 2. The number of likely N-dealkylation sites (N-methyl/N-ethyl adjacent to an activating group) is 1. The summed E-state index contributed by atoms with van der Waals surface area (Å²) in [5, 5.41) is 0. The van der Waals surface area contributed by atoms with Gasteiger partial charge in [-0.3, -0.25) is 9.69 Å². The number of rotatable bonds is 10. The van der Waals surface area contributed by atoms with Crippen LogP contribution in [-0.4, -0.2) is 85.7 Å². The molecule has 2 fully saturated rings. The van der Waals surface area contributed by atoms with Gasteiger partial charge < -0.3 is 20.3 Å². The molecule has 0 radical (unpaired) electrons. The van der Waals surface area contributed by atoms with Crippen LogP contribution < -0.4 is 5.73 Å². The number of benzene rings is 2. The smallest absolute Gasteiger partial charge is 0.404 e. The van der Waals surface area contributed by atoms with Gasteiger partial charge in [-0.2, -0.15) is 0 Å². The molecule has 2 aromatic rings. The van der Waals surface area contributed by atoms with E-state index in [0.717, 1.165) is 66.5 Å². The molecule has 206 valence electrons. The van der Waals surface area contributed by atoms with Crippen LogP contribution in [0.2, 0.25) is 0 Å². The lowest BCUT2D eigenvalue weighted by molar-refractivity contribution is 0.00588. The summed E-state index contributed by atoms with van der Waals surface area (Å²) in [6, 6.07) is 12.8. The van der Waals surface area contributed by atoms with Gasteiger partial charge >= 0.3 is 6.09 Å². The van der Waals surface area contributed by atoms with Gasteiger partial charge in [0, 0.05) is 53.2 Å². The highest BCUT2D eigenvalue weighted by Crippen LogP contribution is 2.27. The van der Waals surface area contributed by atoms with Crippen molar-refractivity contribution >= 4 is 43.9 Å². The number of amides is 2. The van der Waals surface area contributed by atoms with Crippen molar-refractivity contribution in [1.82, 2.24) is 14.7 Å². The van der Waals surface area contributed by atoms with Crippen molar-refractivity contribution < 1.29 is 18.7 Å². The molecule has 0 aliphatic carbocycles. The molecule has 38 heavy (non-hydrogen) atoms. The number of likely N-dealkylation sites (tertiary alicyclic amines) is 2. The quantitative estimate of drug-likeness (QED) is 0.387. The maximum atomic E-state index is 13.6. The van der Waals surface area contributed by atoms with Gasteiger partial charge in [-0.1, -0.05) is 44.0 Å². The average Bonchev–Trinajstić information content (AvgIpc) is 2.85. The van der Waals surface area contributed by atoms with Crippen molar-refractivity contribution in [2.75, 3.05) is 52.9 Å². The Morgan fingerprint density at radius 1 is 1.11 bits per heavy atom.